The number of carbonyl (C=O) groups excluding carboxylic acids is 1. The quantitative estimate of drug-likeness (QED) is 0.638. The third-order valence-electron chi connectivity index (χ3n) is 5.16. The zero-order valence-electron chi connectivity index (χ0n) is 16.4. The zero-order chi connectivity index (χ0) is 20.1. The Labute approximate surface area is 169 Å². The Kier molecular flexibility index (Phi) is 5.69. The molecular weight excluding hydrogens is 368 g/mol. The van der Waals surface area contributed by atoms with Gasteiger partial charge in [-0.2, -0.15) is 4.68 Å². The Morgan fingerprint density at radius 2 is 1.72 bits per heavy atom. The summed E-state index contributed by atoms with van der Waals surface area (Å²) in [6.07, 6.45) is 1.24. The van der Waals surface area contributed by atoms with Gasteiger partial charge in [-0.25, -0.2) is 0 Å². The smallest absolute Gasteiger partial charge is 0.250 e. The molecule has 0 atom stereocenters. The van der Waals surface area contributed by atoms with Crippen molar-refractivity contribution in [1.82, 2.24) is 25.1 Å². The Balaban J connectivity index is 1.31. The van der Waals surface area contributed by atoms with Gasteiger partial charge in [0.05, 0.1) is 12.8 Å². The highest BCUT2D eigenvalue weighted by atomic mass is 16.5. The van der Waals surface area contributed by atoms with Gasteiger partial charge in [0.1, 0.15) is 5.75 Å². The highest BCUT2D eigenvalue weighted by Crippen LogP contribution is 2.18. The molecule has 2 heterocycles. The van der Waals surface area contributed by atoms with E-state index in [9.17, 15) is 4.79 Å². The predicted octanol–water partition coefficient (Wildman–Crippen LogP) is 1.95. The molecular formula is C21H24N6O2. The van der Waals surface area contributed by atoms with Crippen LogP contribution in [0.25, 0.3) is 5.69 Å². The standard InChI is InChI=1S/C21H24N6O2/c1-29-19-10-7-17(8-11-19)9-12-20(28)25-13-15-26(16-14-25)21-22-23-24-27(21)18-5-3-2-4-6-18/h2-8,10-11H,9,12-16H2,1H3. The van der Waals surface area contributed by atoms with Crippen molar-refractivity contribution in [2.45, 2.75) is 12.8 Å². The van der Waals surface area contributed by atoms with Gasteiger partial charge in [-0.05, 0) is 46.7 Å². The molecule has 150 valence electrons. The lowest BCUT2D eigenvalue weighted by Crippen LogP contribution is -2.49. The van der Waals surface area contributed by atoms with Gasteiger partial charge < -0.3 is 14.5 Å². The van der Waals surface area contributed by atoms with Crippen LogP contribution in [0.2, 0.25) is 0 Å². The first kappa shape index (κ1) is 18.9. The highest BCUT2D eigenvalue weighted by molar-refractivity contribution is 5.76. The van der Waals surface area contributed by atoms with Gasteiger partial charge in [0.25, 0.3) is 0 Å². The van der Waals surface area contributed by atoms with Crippen molar-refractivity contribution in [2.24, 2.45) is 0 Å². The first-order chi connectivity index (χ1) is 14.2. The minimum Gasteiger partial charge on any atom is -0.497 e. The minimum atomic E-state index is 0.183. The van der Waals surface area contributed by atoms with Crippen molar-refractivity contribution in [3.8, 4) is 11.4 Å². The van der Waals surface area contributed by atoms with Gasteiger partial charge in [-0.3, -0.25) is 4.79 Å². The summed E-state index contributed by atoms with van der Waals surface area (Å²) >= 11 is 0. The van der Waals surface area contributed by atoms with Crippen LogP contribution in [0.3, 0.4) is 0 Å². The molecule has 1 aliphatic heterocycles. The maximum absolute atomic E-state index is 12.6. The number of ether oxygens (including phenoxy) is 1. The van der Waals surface area contributed by atoms with Gasteiger partial charge in [0.2, 0.25) is 11.9 Å². The Morgan fingerprint density at radius 1 is 1.00 bits per heavy atom. The van der Waals surface area contributed by atoms with E-state index in [0.717, 1.165) is 23.4 Å². The van der Waals surface area contributed by atoms with Crippen LogP contribution in [0.5, 0.6) is 5.75 Å². The molecule has 0 unspecified atom stereocenters. The molecule has 0 bridgehead atoms. The van der Waals surface area contributed by atoms with Gasteiger partial charge in [0.15, 0.2) is 0 Å². The third kappa shape index (κ3) is 4.37. The van der Waals surface area contributed by atoms with Crippen LogP contribution in [0.1, 0.15) is 12.0 Å². The van der Waals surface area contributed by atoms with E-state index in [1.165, 1.54) is 0 Å². The lowest BCUT2D eigenvalue weighted by Gasteiger charge is -2.34. The summed E-state index contributed by atoms with van der Waals surface area (Å²) in [6, 6.07) is 17.7. The Hall–Kier alpha value is -3.42. The molecule has 0 spiro atoms. The van der Waals surface area contributed by atoms with Crippen molar-refractivity contribution in [1.29, 1.82) is 0 Å². The van der Waals surface area contributed by atoms with Crippen molar-refractivity contribution in [3.63, 3.8) is 0 Å². The number of methoxy groups -OCH3 is 1. The summed E-state index contributed by atoms with van der Waals surface area (Å²) in [5.41, 5.74) is 2.06. The molecule has 4 rings (SSSR count). The van der Waals surface area contributed by atoms with E-state index >= 15 is 0 Å². The molecule has 0 saturated carbocycles. The predicted molar refractivity (Wildman–Crippen MR) is 109 cm³/mol. The minimum absolute atomic E-state index is 0.183. The second-order valence-corrected chi connectivity index (χ2v) is 6.94. The van der Waals surface area contributed by atoms with Gasteiger partial charge in [-0.15, -0.1) is 0 Å². The summed E-state index contributed by atoms with van der Waals surface area (Å²) in [4.78, 5) is 16.7. The maximum atomic E-state index is 12.6. The molecule has 1 amide bonds. The van der Waals surface area contributed by atoms with Crippen molar-refractivity contribution in [3.05, 3.63) is 60.2 Å². The van der Waals surface area contributed by atoms with Crippen molar-refractivity contribution in [2.75, 3.05) is 38.2 Å². The van der Waals surface area contributed by atoms with E-state index in [4.69, 9.17) is 4.74 Å². The summed E-state index contributed by atoms with van der Waals surface area (Å²) in [6.45, 7) is 2.76. The van der Waals surface area contributed by atoms with Crippen LogP contribution in [-0.4, -0.2) is 64.3 Å². The average Bonchev–Trinajstić information content (AvgIpc) is 3.28. The van der Waals surface area contributed by atoms with Crippen LogP contribution in [0, 0.1) is 0 Å². The molecule has 3 aromatic rings. The van der Waals surface area contributed by atoms with Crippen LogP contribution in [0.15, 0.2) is 54.6 Å². The van der Waals surface area contributed by atoms with Crippen LogP contribution >= 0.6 is 0 Å². The van der Waals surface area contributed by atoms with Crippen LogP contribution < -0.4 is 9.64 Å². The summed E-state index contributed by atoms with van der Waals surface area (Å²) in [7, 11) is 1.65. The molecule has 1 aromatic heterocycles. The van der Waals surface area contributed by atoms with Gasteiger partial charge in [-0.1, -0.05) is 35.4 Å². The number of benzene rings is 2. The molecule has 29 heavy (non-hydrogen) atoms. The molecule has 8 heteroatoms. The number of para-hydroxylation sites is 1. The zero-order valence-corrected chi connectivity index (χ0v) is 16.4. The van der Waals surface area contributed by atoms with E-state index in [1.807, 2.05) is 59.5 Å². The maximum Gasteiger partial charge on any atom is 0.250 e. The summed E-state index contributed by atoms with van der Waals surface area (Å²) in [5, 5.41) is 12.1. The number of piperazine rings is 1. The monoisotopic (exact) mass is 392 g/mol. The number of nitrogens with zero attached hydrogens (tertiary/aromatic N) is 6. The van der Waals surface area contributed by atoms with E-state index in [-0.39, 0.29) is 5.91 Å². The number of amides is 1. The normalized spacial score (nSPS) is 14.1. The summed E-state index contributed by atoms with van der Waals surface area (Å²) in [5.74, 6) is 1.72. The fourth-order valence-electron chi connectivity index (χ4n) is 3.47. The fourth-order valence-corrected chi connectivity index (χ4v) is 3.47. The van der Waals surface area contributed by atoms with E-state index in [1.54, 1.807) is 11.8 Å². The third-order valence-corrected chi connectivity index (χ3v) is 5.16. The Bertz CT molecular complexity index is 933. The number of aromatic nitrogens is 4. The summed E-state index contributed by atoms with van der Waals surface area (Å²) < 4.78 is 6.91. The molecule has 2 aromatic carbocycles. The molecule has 0 N–H and O–H groups in total. The lowest BCUT2D eigenvalue weighted by molar-refractivity contribution is -0.131. The van der Waals surface area contributed by atoms with Crippen LogP contribution in [0.4, 0.5) is 5.95 Å². The van der Waals surface area contributed by atoms with Crippen LogP contribution in [-0.2, 0) is 11.2 Å². The second-order valence-electron chi connectivity index (χ2n) is 6.94. The molecule has 1 aliphatic rings. The highest BCUT2D eigenvalue weighted by Gasteiger charge is 2.24. The van der Waals surface area contributed by atoms with E-state index < -0.39 is 0 Å². The molecule has 0 aliphatic carbocycles. The number of aryl methyl sites for hydroxylation is 1. The molecule has 8 nitrogen and oxygen atoms in total. The van der Waals surface area contributed by atoms with Crippen molar-refractivity contribution >= 4 is 11.9 Å². The average molecular weight is 392 g/mol. The Morgan fingerprint density at radius 3 is 2.41 bits per heavy atom. The number of hydrogen-bond donors (Lipinski definition) is 0. The molecule has 0 radical (unpaired) electrons. The number of rotatable bonds is 6. The molecule has 1 fully saturated rings. The fraction of sp³-hybridized carbons (Fsp3) is 0.333. The largest absolute Gasteiger partial charge is 0.497 e. The number of hydrogen-bond acceptors (Lipinski definition) is 6. The second kappa shape index (κ2) is 8.72. The van der Waals surface area contributed by atoms with Gasteiger partial charge in [0, 0.05) is 32.6 Å². The number of carbonyl (C=O) groups is 1. The van der Waals surface area contributed by atoms with Gasteiger partial charge >= 0.3 is 0 Å². The van der Waals surface area contributed by atoms with E-state index in [2.05, 4.69) is 20.4 Å². The first-order valence-corrected chi connectivity index (χ1v) is 9.74. The van der Waals surface area contributed by atoms with E-state index in [0.29, 0.717) is 38.5 Å². The number of tetrazole rings is 1. The lowest BCUT2D eigenvalue weighted by atomic mass is 10.1. The first-order valence-electron chi connectivity index (χ1n) is 9.74. The molecule has 1 saturated heterocycles. The van der Waals surface area contributed by atoms with Crippen molar-refractivity contribution < 1.29 is 9.53 Å². The topological polar surface area (TPSA) is 76.4 Å². The number of anilines is 1. The SMILES string of the molecule is COc1ccc(CCC(=O)N2CCN(c3nnnn3-c3ccccc3)CC2)cc1.